The molecule has 0 bridgehead atoms. The summed E-state index contributed by atoms with van der Waals surface area (Å²) in [6.45, 7) is 2.05. The third kappa shape index (κ3) is 3.35. The number of halogens is 1. The third-order valence-electron chi connectivity index (χ3n) is 3.12. The van der Waals surface area contributed by atoms with E-state index in [0.717, 1.165) is 22.3 Å². The molecule has 0 saturated carbocycles. The molecule has 1 N–H and O–H groups in total. The number of aromatic nitrogens is 1. The molecule has 2 rings (SSSR count). The van der Waals surface area contributed by atoms with Gasteiger partial charge in [0.05, 0.1) is 18.3 Å². The molecular weight excluding hydrogens is 324 g/mol. The maximum atomic E-state index is 5.29. The molecule has 5 heteroatoms. The highest BCUT2D eigenvalue weighted by Crippen LogP contribution is 2.29. The smallest absolute Gasteiger partial charge is 0.119 e. The van der Waals surface area contributed by atoms with Crippen molar-refractivity contribution in [2.45, 2.75) is 19.4 Å². The quantitative estimate of drug-likeness (QED) is 0.900. The van der Waals surface area contributed by atoms with Crippen molar-refractivity contribution in [3.8, 4) is 5.75 Å². The number of hydrogen-bond acceptors (Lipinski definition) is 4. The van der Waals surface area contributed by atoms with Crippen LogP contribution >= 0.6 is 27.3 Å². The molecule has 3 nitrogen and oxygen atoms in total. The van der Waals surface area contributed by atoms with Crippen molar-refractivity contribution in [3.63, 3.8) is 0 Å². The normalized spacial score (nSPS) is 12.4. The summed E-state index contributed by atoms with van der Waals surface area (Å²) in [5.74, 6) is 0.883. The Kier molecular flexibility index (Phi) is 4.96. The molecular formula is C14H17BrN2OS. The van der Waals surface area contributed by atoms with Gasteiger partial charge < -0.3 is 10.1 Å². The second kappa shape index (κ2) is 6.50. The zero-order valence-corrected chi connectivity index (χ0v) is 13.6. The van der Waals surface area contributed by atoms with Gasteiger partial charge in [-0.15, -0.1) is 11.3 Å². The number of rotatable bonds is 5. The van der Waals surface area contributed by atoms with Crippen LogP contribution in [0.4, 0.5) is 0 Å². The molecule has 2 aromatic rings. The first-order valence-corrected chi connectivity index (χ1v) is 7.72. The Bertz CT molecular complexity index is 556. The van der Waals surface area contributed by atoms with Crippen LogP contribution in [0.3, 0.4) is 0 Å². The fourth-order valence-electron chi connectivity index (χ4n) is 2.03. The number of likely N-dealkylation sites (N-methyl/N-ethyl adjacent to an activating group) is 1. The molecule has 19 heavy (non-hydrogen) atoms. The summed E-state index contributed by atoms with van der Waals surface area (Å²) >= 11 is 5.30. The standard InChI is InChI=1S/C14H17BrN2OS/c1-9-14(19-8-17-9)13(16-2)7-10-6-11(18-3)4-5-12(10)15/h4-6,8,13,16H,7H2,1-3H3. The highest BCUT2D eigenvalue weighted by atomic mass is 79.9. The first-order valence-electron chi connectivity index (χ1n) is 6.05. The van der Waals surface area contributed by atoms with Crippen LogP contribution < -0.4 is 10.1 Å². The van der Waals surface area contributed by atoms with E-state index in [1.807, 2.05) is 24.7 Å². The molecule has 0 amide bonds. The van der Waals surface area contributed by atoms with E-state index in [9.17, 15) is 0 Å². The molecule has 102 valence electrons. The van der Waals surface area contributed by atoms with E-state index < -0.39 is 0 Å². The van der Waals surface area contributed by atoms with Gasteiger partial charge in [0.1, 0.15) is 5.75 Å². The summed E-state index contributed by atoms with van der Waals surface area (Å²) in [6.07, 6.45) is 0.900. The Morgan fingerprint density at radius 2 is 2.26 bits per heavy atom. The summed E-state index contributed by atoms with van der Waals surface area (Å²) in [4.78, 5) is 5.61. The molecule has 1 aromatic heterocycles. The van der Waals surface area contributed by atoms with Crippen molar-refractivity contribution in [1.29, 1.82) is 0 Å². The average Bonchev–Trinajstić information content (AvgIpc) is 2.84. The zero-order valence-electron chi connectivity index (χ0n) is 11.2. The first kappa shape index (κ1) is 14.5. The van der Waals surface area contributed by atoms with Gasteiger partial charge in [0, 0.05) is 15.4 Å². The lowest BCUT2D eigenvalue weighted by Crippen LogP contribution is -2.18. The molecule has 1 heterocycles. The van der Waals surface area contributed by atoms with Crippen LogP contribution in [0.25, 0.3) is 0 Å². The minimum atomic E-state index is 0.274. The lowest BCUT2D eigenvalue weighted by Gasteiger charge is -2.17. The second-order valence-electron chi connectivity index (χ2n) is 4.30. The zero-order chi connectivity index (χ0) is 13.8. The predicted molar refractivity (Wildman–Crippen MR) is 83.0 cm³/mol. The van der Waals surface area contributed by atoms with E-state index in [2.05, 4.69) is 39.2 Å². The minimum absolute atomic E-state index is 0.274. The van der Waals surface area contributed by atoms with Gasteiger partial charge in [0.25, 0.3) is 0 Å². The number of thiazole rings is 1. The highest BCUT2D eigenvalue weighted by Gasteiger charge is 2.16. The number of methoxy groups -OCH3 is 1. The van der Waals surface area contributed by atoms with Crippen molar-refractivity contribution >= 4 is 27.3 Å². The molecule has 0 saturated heterocycles. The Labute approximate surface area is 126 Å². The molecule has 0 aliphatic rings. The molecule has 1 atom stereocenters. The van der Waals surface area contributed by atoms with Crippen molar-refractivity contribution in [1.82, 2.24) is 10.3 Å². The van der Waals surface area contributed by atoms with Crippen molar-refractivity contribution in [3.05, 3.63) is 44.3 Å². The lowest BCUT2D eigenvalue weighted by atomic mass is 10.0. The summed E-state index contributed by atoms with van der Waals surface area (Å²) in [5, 5.41) is 3.37. The molecule has 0 radical (unpaired) electrons. The number of benzene rings is 1. The van der Waals surface area contributed by atoms with E-state index in [-0.39, 0.29) is 6.04 Å². The number of nitrogens with zero attached hydrogens (tertiary/aromatic N) is 1. The molecule has 1 unspecified atom stereocenters. The van der Waals surface area contributed by atoms with Crippen molar-refractivity contribution in [2.75, 3.05) is 14.2 Å². The topological polar surface area (TPSA) is 34.1 Å². The van der Waals surface area contributed by atoms with E-state index in [1.165, 1.54) is 10.4 Å². The van der Waals surface area contributed by atoms with Gasteiger partial charge in [-0.2, -0.15) is 0 Å². The van der Waals surface area contributed by atoms with Gasteiger partial charge in [0.15, 0.2) is 0 Å². The maximum Gasteiger partial charge on any atom is 0.119 e. The van der Waals surface area contributed by atoms with Crippen molar-refractivity contribution < 1.29 is 4.74 Å². The molecule has 0 spiro atoms. The van der Waals surface area contributed by atoms with Crippen LogP contribution in [0.2, 0.25) is 0 Å². The fourth-order valence-corrected chi connectivity index (χ4v) is 3.35. The van der Waals surface area contributed by atoms with Gasteiger partial charge in [-0.05, 0) is 44.2 Å². The number of aryl methyl sites for hydroxylation is 1. The number of hydrogen-bond donors (Lipinski definition) is 1. The van der Waals surface area contributed by atoms with E-state index in [1.54, 1.807) is 18.4 Å². The molecule has 0 aliphatic heterocycles. The summed E-state index contributed by atoms with van der Waals surface area (Å²) < 4.78 is 6.40. The number of ether oxygens (including phenoxy) is 1. The second-order valence-corrected chi connectivity index (χ2v) is 6.05. The monoisotopic (exact) mass is 340 g/mol. The van der Waals surface area contributed by atoms with Crippen LogP contribution in [-0.2, 0) is 6.42 Å². The van der Waals surface area contributed by atoms with Crippen LogP contribution in [0.15, 0.2) is 28.2 Å². The van der Waals surface area contributed by atoms with Gasteiger partial charge >= 0.3 is 0 Å². The summed E-state index contributed by atoms with van der Waals surface area (Å²) in [6, 6.07) is 6.33. The van der Waals surface area contributed by atoms with E-state index in [4.69, 9.17) is 4.74 Å². The van der Waals surface area contributed by atoms with Crippen LogP contribution in [-0.4, -0.2) is 19.1 Å². The Hall–Kier alpha value is -0.910. The predicted octanol–water partition coefficient (Wildman–Crippen LogP) is 3.73. The van der Waals surface area contributed by atoms with Crippen LogP contribution in [0, 0.1) is 6.92 Å². The SMILES string of the molecule is CNC(Cc1cc(OC)ccc1Br)c1scnc1C. The van der Waals surface area contributed by atoms with E-state index >= 15 is 0 Å². The van der Waals surface area contributed by atoms with Crippen LogP contribution in [0.5, 0.6) is 5.75 Å². The average molecular weight is 341 g/mol. The van der Waals surface area contributed by atoms with Gasteiger partial charge in [-0.1, -0.05) is 15.9 Å². The Morgan fingerprint density at radius 1 is 1.47 bits per heavy atom. The van der Waals surface area contributed by atoms with Gasteiger partial charge in [-0.25, -0.2) is 4.98 Å². The Morgan fingerprint density at radius 3 is 2.84 bits per heavy atom. The third-order valence-corrected chi connectivity index (χ3v) is 4.94. The number of nitrogens with one attached hydrogen (secondary N) is 1. The van der Waals surface area contributed by atoms with Crippen molar-refractivity contribution in [2.24, 2.45) is 0 Å². The Balaban J connectivity index is 2.26. The van der Waals surface area contributed by atoms with E-state index in [0.29, 0.717) is 0 Å². The fraction of sp³-hybridized carbons (Fsp3) is 0.357. The molecule has 0 fully saturated rings. The first-order chi connectivity index (χ1) is 9.15. The van der Waals surface area contributed by atoms with Crippen LogP contribution in [0.1, 0.15) is 22.2 Å². The molecule has 0 aliphatic carbocycles. The van der Waals surface area contributed by atoms with Gasteiger partial charge in [-0.3, -0.25) is 0 Å². The van der Waals surface area contributed by atoms with Gasteiger partial charge in [0.2, 0.25) is 0 Å². The summed E-state index contributed by atoms with van der Waals surface area (Å²) in [5.41, 5.74) is 4.23. The molecule has 1 aromatic carbocycles. The highest BCUT2D eigenvalue weighted by molar-refractivity contribution is 9.10. The lowest BCUT2D eigenvalue weighted by molar-refractivity contribution is 0.414. The summed E-state index contributed by atoms with van der Waals surface area (Å²) in [7, 11) is 3.67. The minimum Gasteiger partial charge on any atom is -0.497 e. The largest absolute Gasteiger partial charge is 0.497 e. The maximum absolute atomic E-state index is 5.29.